The molecule has 0 amide bonds. The number of ether oxygens (including phenoxy) is 2. The molecule has 1 N–H and O–H groups in total. The Morgan fingerprint density at radius 1 is 1.53 bits per heavy atom. The van der Waals surface area contributed by atoms with Crippen LogP contribution >= 0.6 is 0 Å². The predicted molar refractivity (Wildman–Crippen MR) is 70.4 cm³/mol. The van der Waals surface area contributed by atoms with Crippen molar-refractivity contribution in [3.05, 3.63) is 0 Å². The van der Waals surface area contributed by atoms with Crippen LogP contribution in [0.3, 0.4) is 0 Å². The zero-order chi connectivity index (χ0) is 12.5. The lowest BCUT2D eigenvalue weighted by Crippen LogP contribution is -2.51. The third kappa shape index (κ3) is 5.82. The van der Waals surface area contributed by atoms with Crippen LogP contribution in [0.25, 0.3) is 0 Å². The van der Waals surface area contributed by atoms with Crippen LogP contribution in [-0.2, 0) is 9.47 Å². The van der Waals surface area contributed by atoms with E-state index in [1.165, 1.54) is 0 Å². The van der Waals surface area contributed by atoms with Gasteiger partial charge in [0, 0.05) is 38.4 Å². The molecule has 0 aliphatic carbocycles. The van der Waals surface area contributed by atoms with E-state index in [1.54, 1.807) is 0 Å². The number of nitrogens with one attached hydrogen (secondary N) is 1. The number of hydrogen-bond acceptors (Lipinski definition) is 4. The lowest BCUT2D eigenvalue weighted by Gasteiger charge is -2.38. The Labute approximate surface area is 106 Å². The van der Waals surface area contributed by atoms with E-state index in [1.807, 2.05) is 6.92 Å². The van der Waals surface area contributed by atoms with Gasteiger partial charge < -0.3 is 14.8 Å². The molecule has 17 heavy (non-hydrogen) atoms. The molecule has 1 aliphatic heterocycles. The lowest BCUT2D eigenvalue weighted by atomic mass is 10.2. The van der Waals surface area contributed by atoms with E-state index >= 15 is 0 Å². The van der Waals surface area contributed by atoms with Crippen LogP contribution in [0, 0.1) is 0 Å². The van der Waals surface area contributed by atoms with E-state index in [4.69, 9.17) is 9.47 Å². The van der Waals surface area contributed by atoms with E-state index in [-0.39, 0.29) is 0 Å². The highest BCUT2D eigenvalue weighted by molar-refractivity contribution is 4.77. The van der Waals surface area contributed by atoms with Crippen molar-refractivity contribution in [1.29, 1.82) is 0 Å². The van der Waals surface area contributed by atoms with Crippen LogP contribution in [0.2, 0.25) is 0 Å². The summed E-state index contributed by atoms with van der Waals surface area (Å²) in [5, 5.41) is 3.50. The summed E-state index contributed by atoms with van der Waals surface area (Å²) in [4.78, 5) is 2.53. The minimum atomic E-state index is 0.545. The van der Waals surface area contributed by atoms with Crippen LogP contribution in [0.4, 0.5) is 0 Å². The van der Waals surface area contributed by atoms with Crippen molar-refractivity contribution in [2.75, 3.05) is 46.1 Å². The molecule has 1 saturated heterocycles. The second-order valence-electron chi connectivity index (χ2n) is 4.77. The first-order chi connectivity index (χ1) is 8.25. The summed E-state index contributed by atoms with van der Waals surface area (Å²) in [7, 11) is 0. The molecule has 0 radical (unpaired) electrons. The highest BCUT2D eigenvalue weighted by Gasteiger charge is 2.22. The highest BCUT2D eigenvalue weighted by atomic mass is 16.5. The molecule has 102 valence electrons. The van der Waals surface area contributed by atoms with Gasteiger partial charge in [0.05, 0.1) is 13.2 Å². The molecule has 4 heteroatoms. The fraction of sp³-hybridized carbons (Fsp3) is 1.00. The third-order valence-electron chi connectivity index (χ3n) is 3.27. The molecule has 4 nitrogen and oxygen atoms in total. The van der Waals surface area contributed by atoms with Gasteiger partial charge in [-0.1, -0.05) is 0 Å². The zero-order valence-corrected chi connectivity index (χ0v) is 11.6. The average molecular weight is 244 g/mol. The molecule has 0 aromatic carbocycles. The maximum Gasteiger partial charge on any atom is 0.0619 e. The number of morpholine rings is 1. The van der Waals surface area contributed by atoms with E-state index in [9.17, 15) is 0 Å². The summed E-state index contributed by atoms with van der Waals surface area (Å²) >= 11 is 0. The second kappa shape index (κ2) is 8.86. The van der Waals surface area contributed by atoms with Crippen molar-refractivity contribution >= 4 is 0 Å². The first kappa shape index (κ1) is 14.9. The second-order valence-corrected chi connectivity index (χ2v) is 4.77. The Morgan fingerprint density at radius 3 is 3.06 bits per heavy atom. The molecular weight excluding hydrogens is 216 g/mol. The first-order valence-electron chi connectivity index (χ1n) is 6.87. The summed E-state index contributed by atoms with van der Waals surface area (Å²) in [5.41, 5.74) is 0. The quantitative estimate of drug-likeness (QED) is 0.649. The molecular formula is C13H28N2O2. The van der Waals surface area contributed by atoms with Gasteiger partial charge in [-0.15, -0.1) is 0 Å². The molecule has 2 unspecified atom stereocenters. The fourth-order valence-corrected chi connectivity index (χ4v) is 2.27. The van der Waals surface area contributed by atoms with Gasteiger partial charge in [0.25, 0.3) is 0 Å². The Kier molecular flexibility index (Phi) is 7.77. The average Bonchev–Trinajstić information content (AvgIpc) is 2.34. The summed E-state index contributed by atoms with van der Waals surface area (Å²) in [5.74, 6) is 0. The molecule has 0 saturated carbocycles. The van der Waals surface area contributed by atoms with Crippen molar-refractivity contribution in [3.8, 4) is 0 Å². The molecule has 0 aromatic heterocycles. The maximum absolute atomic E-state index is 5.45. The molecule has 1 aliphatic rings. The van der Waals surface area contributed by atoms with Crippen molar-refractivity contribution in [2.24, 2.45) is 0 Å². The smallest absolute Gasteiger partial charge is 0.0619 e. The van der Waals surface area contributed by atoms with Gasteiger partial charge >= 0.3 is 0 Å². The zero-order valence-electron chi connectivity index (χ0n) is 11.6. The van der Waals surface area contributed by atoms with Gasteiger partial charge in [-0.3, -0.25) is 4.90 Å². The molecule has 1 fully saturated rings. The first-order valence-corrected chi connectivity index (χ1v) is 6.87. The van der Waals surface area contributed by atoms with Crippen LogP contribution < -0.4 is 5.32 Å². The molecule has 0 spiro atoms. The van der Waals surface area contributed by atoms with Gasteiger partial charge in [0.2, 0.25) is 0 Å². The predicted octanol–water partition coefficient (Wildman–Crippen LogP) is 1.11. The van der Waals surface area contributed by atoms with Gasteiger partial charge in [-0.25, -0.2) is 0 Å². The lowest BCUT2D eigenvalue weighted by molar-refractivity contribution is -0.0181. The Bertz CT molecular complexity index is 190. The molecule has 1 rings (SSSR count). The monoisotopic (exact) mass is 244 g/mol. The minimum Gasteiger partial charge on any atom is -0.382 e. The van der Waals surface area contributed by atoms with E-state index < -0.39 is 0 Å². The fourth-order valence-electron chi connectivity index (χ4n) is 2.27. The summed E-state index contributed by atoms with van der Waals surface area (Å²) in [6, 6.07) is 1.13. The van der Waals surface area contributed by atoms with E-state index in [0.29, 0.717) is 12.1 Å². The molecule has 2 atom stereocenters. The van der Waals surface area contributed by atoms with E-state index in [0.717, 1.165) is 52.5 Å². The van der Waals surface area contributed by atoms with Crippen LogP contribution in [0.1, 0.15) is 27.2 Å². The van der Waals surface area contributed by atoms with Crippen LogP contribution in [-0.4, -0.2) is 63.0 Å². The Balaban J connectivity index is 2.05. The van der Waals surface area contributed by atoms with Gasteiger partial charge in [0.15, 0.2) is 0 Å². The summed E-state index contributed by atoms with van der Waals surface area (Å²) in [6.07, 6.45) is 1.10. The SMILES string of the molecule is CCOCCCNCC(C)N1CCOCC1C. The van der Waals surface area contributed by atoms with Crippen molar-refractivity contribution < 1.29 is 9.47 Å². The summed E-state index contributed by atoms with van der Waals surface area (Å²) < 4.78 is 10.8. The Morgan fingerprint density at radius 2 is 2.35 bits per heavy atom. The van der Waals surface area contributed by atoms with Crippen molar-refractivity contribution in [3.63, 3.8) is 0 Å². The normalized spacial score (nSPS) is 23.8. The molecule has 0 aromatic rings. The van der Waals surface area contributed by atoms with Crippen LogP contribution in [0.15, 0.2) is 0 Å². The van der Waals surface area contributed by atoms with Crippen molar-refractivity contribution in [2.45, 2.75) is 39.3 Å². The maximum atomic E-state index is 5.45. The third-order valence-corrected chi connectivity index (χ3v) is 3.27. The van der Waals surface area contributed by atoms with Gasteiger partial charge in [-0.2, -0.15) is 0 Å². The van der Waals surface area contributed by atoms with E-state index in [2.05, 4.69) is 24.1 Å². The van der Waals surface area contributed by atoms with Gasteiger partial charge in [0.1, 0.15) is 0 Å². The van der Waals surface area contributed by atoms with Gasteiger partial charge in [-0.05, 0) is 33.7 Å². The Hall–Kier alpha value is -0.160. The highest BCUT2D eigenvalue weighted by Crippen LogP contribution is 2.09. The standard InChI is InChI=1S/C13H28N2O2/c1-4-16-8-5-6-14-10-12(2)15-7-9-17-11-13(15)3/h12-14H,4-11H2,1-3H3. The number of rotatable bonds is 8. The summed E-state index contributed by atoms with van der Waals surface area (Å²) in [6.45, 7) is 13.2. The topological polar surface area (TPSA) is 33.7 Å². The molecule has 1 heterocycles. The van der Waals surface area contributed by atoms with Crippen LogP contribution in [0.5, 0.6) is 0 Å². The number of hydrogen-bond donors (Lipinski definition) is 1. The molecule has 0 bridgehead atoms. The van der Waals surface area contributed by atoms with Crippen molar-refractivity contribution in [1.82, 2.24) is 10.2 Å². The minimum absolute atomic E-state index is 0.545. The largest absolute Gasteiger partial charge is 0.382 e. The number of nitrogens with zero attached hydrogens (tertiary/aromatic N) is 1.